The third kappa shape index (κ3) is 2.03. The number of fused-ring (bicyclic) bond motifs is 1. The molecule has 0 saturated heterocycles. The van der Waals surface area contributed by atoms with Crippen LogP contribution in [-0.4, -0.2) is 20.0 Å². The smallest absolute Gasteiger partial charge is 0.255 e. The van der Waals surface area contributed by atoms with Crippen LogP contribution in [0.25, 0.3) is 16.6 Å². The van der Waals surface area contributed by atoms with E-state index < -0.39 is 5.24 Å². The normalized spacial score (nSPS) is 14.5. The van der Waals surface area contributed by atoms with Crippen LogP contribution in [0.15, 0.2) is 42.7 Å². The summed E-state index contributed by atoms with van der Waals surface area (Å²) in [6, 6.07) is 9.82. The number of hydrogen-bond donors (Lipinski definition) is 0. The Labute approximate surface area is 126 Å². The van der Waals surface area contributed by atoms with E-state index in [0.717, 1.165) is 35.1 Å². The van der Waals surface area contributed by atoms with Gasteiger partial charge in [-0.1, -0.05) is 6.07 Å². The van der Waals surface area contributed by atoms with Crippen molar-refractivity contribution >= 4 is 27.7 Å². The van der Waals surface area contributed by atoms with Gasteiger partial charge in [0.1, 0.15) is 0 Å². The van der Waals surface area contributed by atoms with Gasteiger partial charge in [0, 0.05) is 17.5 Å². The lowest BCUT2D eigenvalue weighted by Crippen LogP contribution is -2.04. The molecule has 0 radical (unpaired) electrons. The van der Waals surface area contributed by atoms with Crippen LogP contribution in [0.1, 0.15) is 34.8 Å². The minimum absolute atomic E-state index is 0.372. The summed E-state index contributed by atoms with van der Waals surface area (Å²) in [7, 11) is 0. The number of carbonyl (C=O) groups is 1. The van der Waals surface area contributed by atoms with Gasteiger partial charge in [0.2, 0.25) is 0 Å². The van der Waals surface area contributed by atoms with Crippen molar-refractivity contribution in [3.8, 4) is 5.69 Å². The molecule has 21 heavy (non-hydrogen) atoms. The maximum Gasteiger partial charge on any atom is 0.255 e. The summed E-state index contributed by atoms with van der Waals surface area (Å²) in [4.78, 5) is 16.0. The zero-order valence-corrected chi connectivity index (χ0v) is 11.9. The molecule has 4 rings (SSSR count). The minimum atomic E-state index is -0.443. The predicted molar refractivity (Wildman–Crippen MR) is 81.0 cm³/mol. The van der Waals surface area contributed by atoms with Crippen LogP contribution in [0.2, 0.25) is 0 Å². The third-order valence-corrected chi connectivity index (χ3v) is 4.04. The second-order valence-electron chi connectivity index (χ2n) is 5.25. The lowest BCUT2D eigenvalue weighted by molar-refractivity contribution is 0.108. The molecule has 0 N–H and O–H groups in total. The molecule has 1 saturated carbocycles. The van der Waals surface area contributed by atoms with Crippen molar-refractivity contribution in [2.75, 3.05) is 0 Å². The van der Waals surface area contributed by atoms with Crippen molar-refractivity contribution in [2.24, 2.45) is 0 Å². The van der Waals surface area contributed by atoms with Crippen molar-refractivity contribution in [1.29, 1.82) is 0 Å². The molecule has 1 aromatic carbocycles. The van der Waals surface area contributed by atoms with Crippen molar-refractivity contribution < 1.29 is 4.79 Å². The van der Waals surface area contributed by atoms with Crippen LogP contribution in [0.5, 0.6) is 0 Å². The zero-order valence-electron chi connectivity index (χ0n) is 11.2. The molecule has 0 bridgehead atoms. The highest BCUT2D eigenvalue weighted by Gasteiger charge is 2.32. The van der Waals surface area contributed by atoms with Gasteiger partial charge in [0.25, 0.3) is 5.24 Å². The van der Waals surface area contributed by atoms with Gasteiger partial charge in [-0.3, -0.25) is 9.78 Å². The Hall–Kier alpha value is -2.20. The average molecular weight is 298 g/mol. The van der Waals surface area contributed by atoms with Gasteiger partial charge in [0.05, 0.1) is 28.7 Å². The highest BCUT2D eigenvalue weighted by Crippen LogP contribution is 2.43. The van der Waals surface area contributed by atoms with Crippen LogP contribution in [-0.2, 0) is 0 Å². The Kier molecular flexibility index (Phi) is 2.79. The van der Waals surface area contributed by atoms with E-state index in [4.69, 9.17) is 11.6 Å². The highest BCUT2D eigenvalue weighted by atomic mass is 35.5. The molecule has 0 atom stereocenters. The molecule has 0 unspecified atom stereocenters. The number of nitrogens with zero attached hydrogens (tertiary/aromatic N) is 3. The Morgan fingerprint density at radius 3 is 2.86 bits per heavy atom. The molecule has 4 nitrogen and oxygen atoms in total. The summed E-state index contributed by atoms with van der Waals surface area (Å²) < 4.78 is 1.84. The van der Waals surface area contributed by atoms with E-state index in [9.17, 15) is 4.79 Å². The summed E-state index contributed by atoms with van der Waals surface area (Å²) in [5, 5.41) is 4.97. The number of carbonyl (C=O) groups excluding carboxylic acids is 1. The molecule has 3 aromatic rings. The number of benzene rings is 1. The molecule has 0 spiro atoms. The maximum absolute atomic E-state index is 11.6. The number of aromatic nitrogens is 3. The molecular formula is C16H12ClN3O. The van der Waals surface area contributed by atoms with Crippen LogP contribution >= 0.6 is 11.6 Å². The van der Waals surface area contributed by atoms with E-state index in [1.54, 1.807) is 12.4 Å². The van der Waals surface area contributed by atoms with E-state index in [-0.39, 0.29) is 0 Å². The number of rotatable bonds is 3. The largest absolute Gasteiger partial charge is 0.275 e. The quantitative estimate of drug-likeness (QED) is 0.693. The fraction of sp³-hybridized carbons (Fsp3) is 0.188. The minimum Gasteiger partial charge on any atom is -0.275 e. The third-order valence-electron chi connectivity index (χ3n) is 3.83. The molecule has 2 aromatic heterocycles. The Bertz CT molecular complexity index is 846. The lowest BCUT2D eigenvalue weighted by atomic mass is 10.1. The molecular weight excluding hydrogens is 286 g/mol. The van der Waals surface area contributed by atoms with E-state index in [1.807, 2.05) is 35.0 Å². The van der Waals surface area contributed by atoms with Crippen molar-refractivity contribution in [3.05, 3.63) is 54.0 Å². The molecule has 104 valence electrons. The SMILES string of the molecule is O=C(Cl)c1cnn(-c2cccc3ncccc23)c1C1CC1. The zero-order chi connectivity index (χ0) is 14.4. The molecule has 1 fully saturated rings. The number of halogens is 1. The molecule has 1 aliphatic rings. The first-order chi connectivity index (χ1) is 10.3. The average Bonchev–Trinajstić information content (AvgIpc) is 3.25. The summed E-state index contributed by atoms with van der Waals surface area (Å²) in [5.74, 6) is 0.372. The van der Waals surface area contributed by atoms with Crippen LogP contribution in [0.4, 0.5) is 0 Å². The van der Waals surface area contributed by atoms with Crippen LogP contribution in [0.3, 0.4) is 0 Å². The van der Waals surface area contributed by atoms with E-state index in [0.29, 0.717) is 11.5 Å². The monoisotopic (exact) mass is 297 g/mol. The second-order valence-corrected chi connectivity index (χ2v) is 5.59. The van der Waals surface area contributed by atoms with Gasteiger partial charge in [-0.15, -0.1) is 0 Å². The standard InChI is InChI=1S/C16H12ClN3O/c17-16(21)12-9-19-20(15(12)10-6-7-10)14-5-1-4-13-11(14)3-2-8-18-13/h1-5,8-10H,6-7H2. The van der Waals surface area contributed by atoms with Gasteiger partial charge >= 0.3 is 0 Å². The van der Waals surface area contributed by atoms with Gasteiger partial charge in [-0.2, -0.15) is 5.10 Å². The molecule has 0 amide bonds. The van der Waals surface area contributed by atoms with Crippen molar-refractivity contribution in [3.63, 3.8) is 0 Å². The molecule has 5 heteroatoms. The van der Waals surface area contributed by atoms with Crippen LogP contribution < -0.4 is 0 Å². The Morgan fingerprint density at radius 1 is 1.24 bits per heavy atom. The summed E-state index contributed by atoms with van der Waals surface area (Å²) in [5.41, 5.74) is 3.28. The predicted octanol–water partition coefficient (Wildman–Crippen LogP) is 3.68. The first-order valence-electron chi connectivity index (χ1n) is 6.87. The Morgan fingerprint density at radius 2 is 2.10 bits per heavy atom. The fourth-order valence-corrected chi connectivity index (χ4v) is 2.87. The molecule has 2 heterocycles. The van der Waals surface area contributed by atoms with Crippen LogP contribution in [0, 0.1) is 0 Å². The summed E-state index contributed by atoms with van der Waals surface area (Å²) in [6.07, 6.45) is 5.49. The number of pyridine rings is 1. The lowest BCUT2D eigenvalue weighted by Gasteiger charge is -2.10. The second kappa shape index (κ2) is 4.67. The van der Waals surface area contributed by atoms with Gasteiger partial charge in [-0.25, -0.2) is 4.68 Å². The summed E-state index contributed by atoms with van der Waals surface area (Å²) in [6.45, 7) is 0. The van der Waals surface area contributed by atoms with Gasteiger partial charge in [-0.05, 0) is 48.7 Å². The number of hydrogen-bond acceptors (Lipinski definition) is 3. The van der Waals surface area contributed by atoms with Gasteiger partial charge in [0.15, 0.2) is 0 Å². The van der Waals surface area contributed by atoms with Crippen molar-refractivity contribution in [1.82, 2.24) is 14.8 Å². The fourth-order valence-electron chi connectivity index (χ4n) is 2.72. The topological polar surface area (TPSA) is 47.8 Å². The van der Waals surface area contributed by atoms with Crippen molar-refractivity contribution in [2.45, 2.75) is 18.8 Å². The Balaban J connectivity index is 1.99. The van der Waals surface area contributed by atoms with E-state index in [2.05, 4.69) is 10.1 Å². The molecule has 1 aliphatic carbocycles. The first-order valence-corrected chi connectivity index (χ1v) is 7.25. The summed E-state index contributed by atoms with van der Waals surface area (Å²) >= 11 is 5.69. The highest BCUT2D eigenvalue weighted by molar-refractivity contribution is 6.67. The van der Waals surface area contributed by atoms with Gasteiger partial charge < -0.3 is 0 Å². The van der Waals surface area contributed by atoms with E-state index >= 15 is 0 Å². The van der Waals surface area contributed by atoms with E-state index in [1.165, 1.54) is 0 Å². The molecule has 0 aliphatic heterocycles. The first kappa shape index (κ1) is 12.5. The maximum atomic E-state index is 11.6.